The number of likely N-dealkylation sites (tertiary alicyclic amines) is 1. The Morgan fingerprint density at radius 2 is 2.03 bits per heavy atom. The van der Waals surface area contributed by atoms with Crippen LogP contribution in [0.15, 0.2) is 54.4 Å². The van der Waals surface area contributed by atoms with Gasteiger partial charge in [0.25, 0.3) is 0 Å². The Kier molecular flexibility index (Phi) is 7.59. The fourth-order valence-corrected chi connectivity index (χ4v) is 4.73. The van der Waals surface area contributed by atoms with Gasteiger partial charge in [0.05, 0.1) is 22.5 Å². The number of hydrogen-bond donors (Lipinski definition) is 3. The summed E-state index contributed by atoms with van der Waals surface area (Å²) in [6.45, 7) is 3.68. The van der Waals surface area contributed by atoms with Crippen LogP contribution in [0, 0.1) is 11.3 Å². The van der Waals surface area contributed by atoms with E-state index in [2.05, 4.69) is 43.9 Å². The van der Waals surface area contributed by atoms with Crippen molar-refractivity contribution in [3.8, 4) is 11.8 Å². The molecular weight excluding hydrogens is 466 g/mol. The van der Waals surface area contributed by atoms with Gasteiger partial charge in [-0.2, -0.15) is 5.26 Å². The third-order valence-corrected chi connectivity index (χ3v) is 6.81. The number of rotatable bonds is 6. The molecule has 2 aliphatic rings. The number of nitrogens with zero attached hydrogens (tertiary/aromatic N) is 4. The standard InChI is InChI=1S/C28H31N7O2/c1-35-12-7-21(8-13-35)37-25-16-23-22(15-24(25)33-27(36)14-19-5-10-30-11-6-19)28(20(17-29)18-32-23)34-26-4-2-3-9-31-26/h2-4,9,14-16,18,21,30H,5-8,10-13H2,1H3,(H,33,36)(H,31,32,34). The van der Waals surface area contributed by atoms with Gasteiger partial charge in [0.1, 0.15) is 23.7 Å². The smallest absolute Gasteiger partial charge is 0.248 e. The van der Waals surface area contributed by atoms with Crippen molar-refractivity contribution in [3.63, 3.8) is 0 Å². The Morgan fingerprint density at radius 3 is 2.76 bits per heavy atom. The van der Waals surface area contributed by atoms with Gasteiger partial charge >= 0.3 is 0 Å². The highest BCUT2D eigenvalue weighted by Gasteiger charge is 2.22. The van der Waals surface area contributed by atoms with Crippen LogP contribution in [0.25, 0.3) is 10.9 Å². The van der Waals surface area contributed by atoms with Crippen molar-refractivity contribution in [2.75, 3.05) is 43.9 Å². The number of carbonyl (C=O) groups excluding carboxylic acids is 1. The first kappa shape index (κ1) is 24.7. The number of amides is 1. The fourth-order valence-electron chi connectivity index (χ4n) is 4.73. The van der Waals surface area contributed by atoms with E-state index in [0.717, 1.165) is 57.4 Å². The quantitative estimate of drug-likeness (QED) is 0.438. The zero-order valence-corrected chi connectivity index (χ0v) is 21.0. The van der Waals surface area contributed by atoms with Crippen molar-refractivity contribution in [2.45, 2.75) is 31.8 Å². The minimum atomic E-state index is -0.187. The van der Waals surface area contributed by atoms with Crippen molar-refractivity contribution < 1.29 is 9.53 Å². The minimum Gasteiger partial charge on any atom is -0.488 e. The molecular formula is C28H31N7O2. The van der Waals surface area contributed by atoms with Crippen molar-refractivity contribution in [2.24, 2.45) is 0 Å². The SMILES string of the molecule is CN1CCC(Oc2cc3ncc(C#N)c(Nc4ccccn4)c3cc2NC(=O)C=C2CCNCC2)CC1. The van der Waals surface area contributed by atoms with E-state index < -0.39 is 0 Å². The molecule has 3 aromatic rings. The molecule has 3 N–H and O–H groups in total. The lowest BCUT2D eigenvalue weighted by Crippen LogP contribution is -2.35. The van der Waals surface area contributed by atoms with Crippen molar-refractivity contribution >= 4 is 34.0 Å². The number of nitrogens with one attached hydrogen (secondary N) is 3. The Hall–Kier alpha value is -4.00. The Labute approximate surface area is 216 Å². The number of piperidine rings is 2. The lowest BCUT2D eigenvalue weighted by Gasteiger charge is -2.30. The minimum absolute atomic E-state index is 0.0524. The molecule has 1 amide bonds. The molecule has 0 saturated carbocycles. The van der Waals surface area contributed by atoms with Crippen LogP contribution in [-0.2, 0) is 4.79 Å². The van der Waals surface area contributed by atoms with E-state index >= 15 is 0 Å². The number of carbonyl (C=O) groups is 1. The summed E-state index contributed by atoms with van der Waals surface area (Å²) in [6, 6.07) is 11.5. The molecule has 37 heavy (non-hydrogen) atoms. The number of fused-ring (bicyclic) bond motifs is 1. The van der Waals surface area contributed by atoms with Crippen molar-refractivity contribution in [1.82, 2.24) is 20.2 Å². The summed E-state index contributed by atoms with van der Waals surface area (Å²) in [5.41, 5.74) is 3.32. The van der Waals surface area contributed by atoms with Crippen LogP contribution >= 0.6 is 0 Å². The van der Waals surface area contributed by atoms with Gasteiger partial charge in [0.15, 0.2) is 0 Å². The third kappa shape index (κ3) is 6.05. The van der Waals surface area contributed by atoms with E-state index in [4.69, 9.17) is 4.74 Å². The summed E-state index contributed by atoms with van der Waals surface area (Å²) >= 11 is 0. The average Bonchev–Trinajstić information content (AvgIpc) is 2.92. The third-order valence-electron chi connectivity index (χ3n) is 6.81. The number of anilines is 3. The van der Waals surface area contributed by atoms with Gasteiger partial charge in [-0.15, -0.1) is 0 Å². The monoisotopic (exact) mass is 497 g/mol. The van der Waals surface area contributed by atoms with Crippen LogP contribution in [0.5, 0.6) is 5.75 Å². The summed E-state index contributed by atoms with van der Waals surface area (Å²) in [5, 5.41) is 20.1. The second kappa shape index (κ2) is 11.4. The molecule has 9 nitrogen and oxygen atoms in total. The highest BCUT2D eigenvalue weighted by atomic mass is 16.5. The molecule has 0 aliphatic carbocycles. The molecule has 9 heteroatoms. The van der Waals surface area contributed by atoms with Crippen LogP contribution in [0.3, 0.4) is 0 Å². The van der Waals surface area contributed by atoms with Crippen LogP contribution in [0.2, 0.25) is 0 Å². The second-order valence-corrected chi connectivity index (χ2v) is 9.53. The highest BCUT2D eigenvalue weighted by Crippen LogP contribution is 2.37. The molecule has 0 bridgehead atoms. The molecule has 0 radical (unpaired) electrons. The first-order valence-electron chi connectivity index (χ1n) is 12.7. The molecule has 2 aromatic heterocycles. The fraction of sp³-hybridized carbons (Fsp3) is 0.357. The van der Waals surface area contributed by atoms with E-state index in [1.165, 1.54) is 0 Å². The molecule has 1 aromatic carbocycles. The zero-order chi connectivity index (χ0) is 25.6. The van der Waals surface area contributed by atoms with Gasteiger partial charge in [0.2, 0.25) is 5.91 Å². The van der Waals surface area contributed by atoms with E-state index in [0.29, 0.717) is 39.4 Å². The predicted octanol–water partition coefficient (Wildman–Crippen LogP) is 3.97. The molecule has 5 rings (SSSR count). The van der Waals surface area contributed by atoms with Crippen LogP contribution in [0.1, 0.15) is 31.2 Å². The van der Waals surface area contributed by atoms with E-state index in [1.54, 1.807) is 18.5 Å². The zero-order valence-electron chi connectivity index (χ0n) is 21.0. The van der Waals surface area contributed by atoms with Gasteiger partial charge in [0, 0.05) is 43.0 Å². The molecule has 0 atom stereocenters. The number of aromatic nitrogens is 2. The number of nitriles is 1. The molecule has 190 valence electrons. The van der Waals surface area contributed by atoms with Gasteiger partial charge < -0.3 is 25.6 Å². The average molecular weight is 498 g/mol. The number of hydrogen-bond acceptors (Lipinski definition) is 8. The highest BCUT2D eigenvalue weighted by molar-refractivity contribution is 6.05. The normalized spacial score (nSPS) is 16.7. The molecule has 2 saturated heterocycles. The summed E-state index contributed by atoms with van der Waals surface area (Å²) < 4.78 is 6.44. The Bertz CT molecular complexity index is 1330. The van der Waals surface area contributed by atoms with Crippen LogP contribution < -0.4 is 20.7 Å². The molecule has 0 spiro atoms. The van der Waals surface area contributed by atoms with E-state index in [1.807, 2.05) is 30.3 Å². The van der Waals surface area contributed by atoms with Gasteiger partial charge in [-0.1, -0.05) is 11.6 Å². The van der Waals surface area contributed by atoms with E-state index in [9.17, 15) is 10.1 Å². The topological polar surface area (TPSA) is 115 Å². The number of pyridine rings is 2. The van der Waals surface area contributed by atoms with E-state index in [-0.39, 0.29) is 12.0 Å². The van der Waals surface area contributed by atoms with Crippen LogP contribution in [-0.4, -0.2) is 60.1 Å². The molecule has 4 heterocycles. The maximum Gasteiger partial charge on any atom is 0.248 e. The number of benzene rings is 1. The predicted molar refractivity (Wildman–Crippen MR) is 144 cm³/mol. The lowest BCUT2D eigenvalue weighted by molar-refractivity contribution is -0.112. The first-order chi connectivity index (χ1) is 18.1. The van der Waals surface area contributed by atoms with Crippen LogP contribution in [0.4, 0.5) is 17.2 Å². The molecule has 2 fully saturated rings. The second-order valence-electron chi connectivity index (χ2n) is 9.53. The lowest BCUT2D eigenvalue weighted by atomic mass is 10.0. The maximum absolute atomic E-state index is 13.0. The van der Waals surface area contributed by atoms with Crippen molar-refractivity contribution in [1.29, 1.82) is 5.26 Å². The molecule has 0 unspecified atom stereocenters. The van der Waals surface area contributed by atoms with Gasteiger partial charge in [-0.25, -0.2) is 4.98 Å². The Balaban J connectivity index is 1.53. The maximum atomic E-state index is 13.0. The summed E-state index contributed by atoms with van der Waals surface area (Å²) in [4.78, 5) is 24.2. The molecule has 2 aliphatic heterocycles. The Morgan fingerprint density at radius 1 is 1.22 bits per heavy atom. The summed E-state index contributed by atoms with van der Waals surface area (Å²) in [5.74, 6) is 1.01. The van der Waals surface area contributed by atoms with Gasteiger partial charge in [-0.3, -0.25) is 9.78 Å². The summed E-state index contributed by atoms with van der Waals surface area (Å²) in [6.07, 6.45) is 8.52. The van der Waals surface area contributed by atoms with Gasteiger partial charge in [-0.05, 0) is 64.0 Å². The van der Waals surface area contributed by atoms with Crippen molar-refractivity contribution in [3.05, 3.63) is 59.9 Å². The number of ether oxygens (including phenoxy) is 1. The summed E-state index contributed by atoms with van der Waals surface area (Å²) in [7, 11) is 2.11. The first-order valence-corrected chi connectivity index (χ1v) is 12.7. The largest absolute Gasteiger partial charge is 0.488 e.